The lowest BCUT2D eigenvalue weighted by Gasteiger charge is -2.06. The van der Waals surface area contributed by atoms with Crippen LogP contribution in [0.3, 0.4) is 0 Å². The molecule has 0 saturated heterocycles. The highest BCUT2D eigenvalue weighted by atomic mass is 16.5. The van der Waals surface area contributed by atoms with Gasteiger partial charge in [0.05, 0.1) is 18.4 Å². The molecule has 0 saturated carbocycles. The Hall–Kier alpha value is -4.65. The van der Waals surface area contributed by atoms with E-state index in [2.05, 4.69) is 34.7 Å². The number of hydrogen-bond acceptors (Lipinski definition) is 5. The summed E-state index contributed by atoms with van der Waals surface area (Å²) in [7, 11) is 0. The molecule has 2 aromatic heterocycles. The zero-order valence-electron chi connectivity index (χ0n) is 19.1. The first-order valence-electron chi connectivity index (χ1n) is 11.2. The maximum atomic E-state index is 12.6. The molecule has 0 fully saturated rings. The minimum Gasteiger partial charge on any atom is -0.486 e. The predicted molar refractivity (Wildman–Crippen MR) is 133 cm³/mol. The Balaban J connectivity index is 1.19. The molecule has 7 nitrogen and oxygen atoms in total. The molecule has 3 aromatic carbocycles. The normalized spacial score (nSPS) is 10.9. The second-order valence-corrected chi connectivity index (χ2v) is 8.15. The van der Waals surface area contributed by atoms with Gasteiger partial charge in [0.25, 0.3) is 5.91 Å². The molecular formula is C28H23N3O4. The average molecular weight is 466 g/mol. The van der Waals surface area contributed by atoms with Crippen LogP contribution in [0.1, 0.15) is 39.2 Å². The topological polar surface area (TPSA) is 86.4 Å². The van der Waals surface area contributed by atoms with Gasteiger partial charge in [-0.2, -0.15) is 5.10 Å². The van der Waals surface area contributed by atoms with Gasteiger partial charge in [-0.15, -0.1) is 0 Å². The number of carbonyl (C=O) groups excluding carboxylic acids is 2. The lowest BCUT2D eigenvalue weighted by Crippen LogP contribution is -2.10. The van der Waals surface area contributed by atoms with E-state index in [1.54, 1.807) is 53.5 Å². The minimum atomic E-state index is -0.369. The number of carbonyl (C=O) groups is 2. The number of rotatable bonds is 8. The molecule has 0 radical (unpaired) electrons. The lowest BCUT2D eigenvalue weighted by atomic mass is 10.0. The zero-order chi connectivity index (χ0) is 24.2. The third kappa shape index (κ3) is 5.14. The van der Waals surface area contributed by atoms with Crippen molar-refractivity contribution in [2.45, 2.75) is 20.1 Å². The van der Waals surface area contributed by atoms with Crippen molar-refractivity contribution in [2.75, 3.05) is 5.32 Å². The van der Waals surface area contributed by atoms with Crippen LogP contribution in [-0.4, -0.2) is 21.5 Å². The first-order chi connectivity index (χ1) is 17.0. The van der Waals surface area contributed by atoms with Crippen molar-refractivity contribution in [3.63, 3.8) is 0 Å². The summed E-state index contributed by atoms with van der Waals surface area (Å²) in [6, 6.07) is 24.6. The third-order valence-electron chi connectivity index (χ3n) is 5.63. The van der Waals surface area contributed by atoms with Crippen LogP contribution in [0.4, 0.5) is 5.69 Å². The molecule has 0 spiro atoms. The number of amides is 1. The number of fused-ring (bicyclic) bond motifs is 1. The number of hydrogen-bond donors (Lipinski definition) is 1. The van der Waals surface area contributed by atoms with Gasteiger partial charge >= 0.3 is 0 Å². The largest absolute Gasteiger partial charge is 0.486 e. The summed E-state index contributed by atoms with van der Waals surface area (Å²) >= 11 is 0. The summed E-state index contributed by atoms with van der Waals surface area (Å²) in [5.74, 6) is 0.926. The highest BCUT2D eigenvalue weighted by molar-refractivity contribution is 6.02. The Labute approximate surface area is 201 Å². The van der Waals surface area contributed by atoms with Crippen LogP contribution in [0.2, 0.25) is 0 Å². The molecule has 0 aliphatic heterocycles. The highest BCUT2D eigenvalue weighted by Gasteiger charge is 2.13. The fraction of sp³-hybridized carbons (Fsp3) is 0.107. The zero-order valence-corrected chi connectivity index (χ0v) is 19.1. The number of benzene rings is 3. The van der Waals surface area contributed by atoms with Gasteiger partial charge < -0.3 is 14.5 Å². The molecule has 0 unspecified atom stereocenters. The monoisotopic (exact) mass is 465 g/mol. The van der Waals surface area contributed by atoms with Gasteiger partial charge in [0.1, 0.15) is 18.1 Å². The van der Waals surface area contributed by atoms with Crippen LogP contribution in [0, 0.1) is 0 Å². The molecule has 0 aliphatic carbocycles. The van der Waals surface area contributed by atoms with Crippen molar-refractivity contribution in [2.24, 2.45) is 0 Å². The van der Waals surface area contributed by atoms with E-state index in [9.17, 15) is 9.59 Å². The van der Waals surface area contributed by atoms with Gasteiger partial charge in [0.15, 0.2) is 11.5 Å². The average Bonchev–Trinajstić information content (AvgIpc) is 3.53. The molecule has 0 bridgehead atoms. The van der Waals surface area contributed by atoms with Gasteiger partial charge in [-0.05, 0) is 59.7 Å². The Bertz CT molecular complexity index is 1490. The van der Waals surface area contributed by atoms with E-state index < -0.39 is 0 Å². The van der Waals surface area contributed by atoms with Crippen LogP contribution < -0.4 is 10.1 Å². The van der Waals surface area contributed by atoms with Crippen molar-refractivity contribution in [1.82, 2.24) is 9.78 Å². The van der Waals surface area contributed by atoms with E-state index in [4.69, 9.17) is 9.15 Å². The van der Waals surface area contributed by atoms with E-state index in [0.29, 0.717) is 29.3 Å². The van der Waals surface area contributed by atoms with Gasteiger partial charge in [-0.1, -0.05) is 42.5 Å². The van der Waals surface area contributed by atoms with Gasteiger partial charge in [-0.25, -0.2) is 0 Å². The molecule has 5 rings (SSSR count). The summed E-state index contributed by atoms with van der Waals surface area (Å²) < 4.78 is 13.1. The molecule has 1 N–H and O–H groups in total. The second kappa shape index (κ2) is 9.69. The molecule has 1 amide bonds. The number of anilines is 1. The van der Waals surface area contributed by atoms with Crippen molar-refractivity contribution in [3.05, 3.63) is 114 Å². The quantitative estimate of drug-likeness (QED) is 0.297. The summed E-state index contributed by atoms with van der Waals surface area (Å²) in [4.78, 5) is 24.0. The SMILES string of the molecule is CC(=O)c1ccc(OCc2ccc(C(=O)Nc3cnn(Cc4cccc5ccccc45)c3)o2)cc1. The Morgan fingerprint density at radius 1 is 0.971 bits per heavy atom. The molecule has 5 aromatic rings. The fourth-order valence-corrected chi connectivity index (χ4v) is 3.83. The lowest BCUT2D eigenvalue weighted by molar-refractivity contribution is 0.0990. The fourth-order valence-electron chi connectivity index (χ4n) is 3.83. The number of nitrogens with zero attached hydrogens (tertiary/aromatic N) is 2. The molecule has 0 atom stereocenters. The highest BCUT2D eigenvalue weighted by Crippen LogP contribution is 2.20. The Morgan fingerprint density at radius 2 is 1.77 bits per heavy atom. The summed E-state index contributed by atoms with van der Waals surface area (Å²) in [5.41, 5.74) is 2.35. The Kier molecular flexibility index (Phi) is 6.13. The van der Waals surface area contributed by atoms with Crippen molar-refractivity contribution >= 4 is 28.2 Å². The van der Waals surface area contributed by atoms with Gasteiger partial charge in [0.2, 0.25) is 0 Å². The van der Waals surface area contributed by atoms with E-state index in [0.717, 1.165) is 5.56 Å². The number of furan rings is 1. The van der Waals surface area contributed by atoms with Crippen LogP contribution in [-0.2, 0) is 13.2 Å². The summed E-state index contributed by atoms with van der Waals surface area (Å²) in [6.07, 6.45) is 3.40. The molecule has 0 aliphatic rings. The van der Waals surface area contributed by atoms with E-state index in [-0.39, 0.29) is 24.1 Å². The molecule has 35 heavy (non-hydrogen) atoms. The maximum absolute atomic E-state index is 12.6. The standard InChI is InChI=1S/C28H23N3O4/c1-19(32)20-9-11-24(12-10-20)34-18-25-13-14-27(35-25)28(33)30-23-15-29-31(17-23)16-22-7-4-6-21-5-2-3-8-26(21)22/h2-15,17H,16,18H2,1H3,(H,30,33). The van der Waals surface area contributed by atoms with E-state index >= 15 is 0 Å². The van der Waals surface area contributed by atoms with Gasteiger partial charge in [0, 0.05) is 11.8 Å². The molecule has 174 valence electrons. The molecule has 2 heterocycles. The van der Waals surface area contributed by atoms with Crippen molar-refractivity contribution in [3.8, 4) is 5.75 Å². The minimum absolute atomic E-state index is 0.00246. The molecular weight excluding hydrogens is 442 g/mol. The second-order valence-electron chi connectivity index (χ2n) is 8.15. The number of Topliss-reactive ketones (excluding diaryl/α,β-unsaturated/α-hetero) is 1. The van der Waals surface area contributed by atoms with Crippen LogP contribution in [0.15, 0.2) is 95.7 Å². The van der Waals surface area contributed by atoms with E-state index in [1.807, 2.05) is 18.2 Å². The van der Waals surface area contributed by atoms with Crippen molar-refractivity contribution in [1.29, 1.82) is 0 Å². The van der Waals surface area contributed by atoms with Crippen LogP contribution in [0.25, 0.3) is 10.8 Å². The predicted octanol–water partition coefficient (Wildman–Crippen LogP) is 5.71. The summed E-state index contributed by atoms with van der Waals surface area (Å²) in [6.45, 7) is 2.27. The number of nitrogens with one attached hydrogen (secondary N) is 1. The first kappa shape index (κ1) is 22.2. The van der Waals surface area contributed by atoms with Crippen LogP contribution >= 0.6 is 0 Å². The number of ether oxygens (including phenoxy) is 1. The maximum Gasteiger partial charge on any atom is 0.291 e. The number of ketones is 1. The first-order valence-corrected chi connectivity index (χ1v) is 11.2. The number of aromatic nitrogens is 2. The van der Waals surface area contributed by atoms with Crippen molar-refractivity contribution < 1.29 is 18.7 Å². The Morgan fingerprint density at radius 3 is 2.60 bits per heavy atom. The smallest absolute Gasteiger partial charge is 0.291 e. The van der Waals surface area contributed by atoms with E-state index in [1.165, 1.54) is 17.7 Å². The van der Waals surface area contributed by atoms with Crippen LogP contribution in [0.5, 0.6) is 5.75 Å². The molecule has 7 heteroatoms. The third-order valence-corrected chi connectivity index (χ3v) is 5.63. The van der Waals surface area contributed by atoms with Gasteiger partial charge in [-0.3, -0.25) is 14.3 Å². The summed E-state index contributed by atoms with van der Waals surface area (Å²) in [5, 5.41) is 9.55.